The number of allylic oxidation sites excluding steroid dienone is 1. The van der Waals surface area contributed by atoms with Crippen molar-refractivity contribution in [3.05, 3.63) is 11.6 Å². The average molecular weight is 151 g/mol. The van der Waals surface area contributed by atoms with Crippen LogP contribution in [-0.2, 0) is 4.79 Å². The molecule has 1 rings (SSSR count). The minimum Gasteiger partial charge on any atom is -0.292 e. The average Bonchev–Trinajstić information content (AvgIpc) is 1.86. The van der Waals surface area contributed by atoms with Gasteiger partial charge in [-0.05, 0) is 11.5 Å². The predicted octanol–water partition coefficient (Wildman–Crippen LogP) is 1.61. The van der Waals surface area contributed by atoms with Gasteiger partial charge >= 0.3 is 0 Å². The smallest absolute Gasteiger partial charge is 0.180 e. The van der Waals surface area contributed by atoms with Gasteiger partial charge in [-0.2, -0.15) is 0 Å². The normalized spacial score (nSPS) is 18.5. The summed E-state index contributed by atoms with van der Waals surface area (Å²) in [5.74, 6) is 0.153. The lowest BCUT2D eigenvalue weighted by Gasteiger charge is -2.22. The zero-order valence-corrected chi connectivity index (χ0v) is 7.22. The lowest BCUT2D eigenvalue weighted by Crippen LogP contribution is -2.22. The van der Waals surface area contributed by atoms with Crippen molar-refractivity contribution >= 4 is 12.0 Å². The van der Waals surface area contributed by atoms with Crippen LogP contribution in [0.2, 0.25) is 0 Å². The van der Waals surface area contributed by atoms with Gasteiger partial charge < -0.3 is 0 Å². The Hall–Kier alpha value is -0.920. The van der Waals surface area contributed by atoms with Crippen LogP contribution in [0.4, 0.5) is 0 Å². The zero-order valence-electron chi connectivity index (χ0n) is 7.22. The van der Waals surface area contributed by atoms with E-state index in [1.807, 2.05) is 26.8 Å². The number of nitrogens with zero attached hydrogens (tertiary/aromatic N) is 1. The van der Waals surface area contributed by atoms with E-state index in [-0.39, 0.29) is 11.2 Å². The van der Waals surface area contributed by atoms with Crippen molar-refractivity contribution in [1.29, 1.82) is 0 Å². The largest absolute Gasteiger partial charge is 0.292 e. The van der Waals surface area contributed by atoms with Gasteiger partial charge in [0.25, 0.3) is 0 Å². The summed E-state index contributed by atoms with van der Waals surface area (Å²) in [6.45, 7) is 6.44. The van der Waals surface area contributed by atoms with E-state index in [0.717, 1.165) is 5.57 Å². The topological polar surface area (TPSA) is 29.4 Å². The number of carbonyl (C=O) groups is 1. The fourth-order valence-corrected chi connectivity index (χ4v) is 1.11. The van der Waals surface area contributed by atoms with E-state index in [1.165, 1.54) is 0 Å². The van der Waals surface area contributed by atoms with E-state index >= 15 is 0 Å². The molecule has 0 saturated heterocycles. The molecule has 0 aromatic rings. The lowest BCUT2D eigenvalue weighted by molar-refractivity contribution is -0.115. The number of Topliss-reactive ketones (excluding diaryl/α,β-unsaturated/α-hetero) is 1. The van der Waals surface area contributed by atoms with Gasteiger partial charge in [-0.3, -0.25) is 9.79 Å². The number of dihydropyridines is 1. The maximum Gasteiger partial charge on any atom is 0.180 e. The second-order valence-electron chi connectivity index (χ2n) is 3.74. The number of hydrogen-bond donors (Lipinski definition) is 0. The molecule has 0 saturated carbocycles. The summed E-state index contributed by atoms with van der Waals surface area (Å²) in [4.78, 5) is 15.1. The molecule has 0 fully saturated rings. The maximum atomic E-state index is 11.3. The first-order chi connectivity index (χ1) is 5.02. The molecule has 0 unspecified atom stereocenters. The molecule has 0 radical (unpaired) electrons. The fourth-order valence-electron chi connectivity index (χ4n) is 1.11. The quantitative estimate of drug-likeness (QED) is 0.517. The van der Waals surface area contributed by atoms with Gasteiger partial charge in [-0.25, -0.2) is 0 Å². The highest BCUT2D eigenvalue weighted by molar-refractivity contribution is 6.04. The highest BCUT2D eigenvalue weighted by Gasteiger charge is 2.23. The van der Waals surface area contributed by atoms with E-state index in [1.54, 1.807) is 6.21 Å². The first kappa shape index (κ1) is 8.18. The van der Waals surface area contributed by atoms with E-state index in [0.29, 0.717) is 6.54 Å². The Bertz CT molecular complexity index is 230. The van der Waals surface area contributed by atoms with Crippen molar-refractivity contribution in [2.45, 2.75) is 20.8 Å². The highest BCUT2D eigenvalue weighted by atomic mass is 16.1. The summed E-state index contributed by atoms with van der Waals surface area (Å²) in [5.41, 5.74) is 0.844. The maximum absolute atomic E-state index is 11.3. The number of ketones is 1. The van der Waals surface area contributed by atoms with Crippen LogP contribution in [-0.4, -0.2) is 18.5 Å². The number of hydrogen-bond acceptors (Lipinski definition) is 2. The Morgan fingerprint density at radius 1 is 1.45 bits per heavy atom. The monoisotopic (exact) mass is 151 g/mol. The Morgan fingerprint density at radius 3 is 2.45 bits per heavy atom. The van der Waals surface area contributed by atoms with E-state index in [4.69, 9.17) is 0 Å². The second kappa shape index (κ2) is 2.61. The van der Waals surface area contributed by atoms with Crippen LogP contribution >= 0.6 is 0 Å². The van der Waals surface area contributed by atoms with Gasteiger partial charge in [0.15, 0.2) is 5.78 Å². The van der Waals surface area contributed by atoms with Gasteiger partial charge in [0, 0.05) is 11.8 Å². The van der Waals surface area contributed by atoms with Crippen molar-refractivity contribution in [2.24, 2.45) is 10.4 Å². The summed E-state index contributed by atoms with van der Waals surface area (Å²) in [7, 11) is 0. The van der Waals surface area contributed by atoms with E-state index in [9.17, 15) is 4.79 Å². The molecular formula is C9H13NO. The van der Waals surface area contributed by atoms with Crippen LogP contribution in [0.15, 0.2) is 16.6 Å². The first-order valence-electron chi connectivity index (χ1n) is 3.75. The van der Waals surface area contributed by atoms with Crippen LogP contribution in [0.3, 0.4) is 0 Å². The molecule has 0 bridgehead atoms. The molecule has 11 heavy (non-hydrogen) atoms. The van der Waals surface area contributed by atoms with Crippen LogP contribution in [0.1, 0.15) is 20.8 Å². The zero-order chi connectivity index (χ0) is 8.48. The van der Waals surface area contributed by atoms with Crippen LogP contribution in [0.5, 0.6) is 0 Å². The molecule has 0 aliphatic carbocycles. The highest BCUT2D eigenvalue weighted by Crippen LogP contribution is 2.26. The third kappa shape index (κ3) is 1.76. The van der Waals surface area contributed by atoms with Crippen molar-refractivity contribution in [1.82, 2.24) is 0 Å². The third-order valence-corrected chi connectivity index (χ3v) is 1.69. The molecular weight excluding hydrogens is 138 g/mol. The summed E-state index contributed by atoms with van der Waals surface area (Å²) in [6, 6.07) is 0. The number of aliphatic imine (C=N–C) groups is 1. The van der Waals surface area contributed by atoms with Crippen molar-refractivity contribution in [3.8, 4) is 0 Å². The standard InChI is InChI=1S/C9H13NO/c1-9(2,3)7-4-5-10-6-8(7)11/h4-5H,6H2,1-3H3. The number of rotatable bonds is 0. The van der Waals surface area contributed by atoms with Gasteiger partial charge in [0.05, 0.1) is 0 Å². The molecule has 2 nitrogen and oxygen atoms in total. The molecule has 0 atom stereocenters. The summed E-state index contributed by atoms with van der Waals surface area (Å²) in [6.07, 6.45) is 3.52. The first-order valence-corrected chi connectivity index (χ1v) is 3.75. The van der Waals surface area contributed by atoms with Gasteiger partial charge in [-0.1, -0.05) is 20.8 Å². The fraction of sp³-hybridized carbons (Fsp3) is 0.556. The Balaban J connectivity index is 2.93. The summed E-state index contributed by atoms with van der Waals surface area (Å²) < 4.78 is 0. The lowest BCUT2D eigenvalue weighted by atomic mass is 9.83. The van der Waals surface area contributed by atoms with E-state index < -0.39 is 0 Å². The van der Waals surface area contributed by atoms with E-state index in [2.05, 4.69) is 4.99 Å². The molecule has 1 aliphatic heterocycles. The minimum atomic E-state index is -0.0382. The molecule has 2 heteroatoms. The Kier molecular flexibility index (Phi) is 1.94. The van der Waals surface area contributed by atoms with Crippen LogP contribution < -0.4 is 0 Å². The molecule has 0 aromatic heterocycles. The molecule has 1 aliphatic rings. The SMILES string of the molecule is CC(C)(C)C1=CC=NCC1=O. The summed E-state index contributed by atoms with van der Waals surface area (Å²) >= 11 is 0. The molecule has 0 spiro atoms. The van der Waals surface area contributed by atoms with Gasteiger partial charge in [-0.15, -0.1) is 0 Å². The van der Waals surface area contributed by atoms with Crippen molar-refractivity contribution in [3.63, 3.8) is 0 Å². The summed E-state index contributed by atoms with van der Waals surface area (Å²) in [5, 5.41) is 0. The van der Waals surface area contributed by atoms with Crippen molar-refractivity contribution in [2.75, 3.05) is 6.54 Å². The molecule has 1 heterocycles. The molecule has 0 amide bonds. The second-order valence-corrected chi connectivity index (χ2v) is 3.74. The van der Waals surface area contributed by atoms with Gasteiger partial charge in [0.1, 0.15) is 6.54 Å². The Labute approximate surface area is 67.0 Å². The molecule has 0 aromatic carbocycles. The number of carbonyl (C=O) groups excluding carboxylic acids is 1. The Morgan fingerprint density at radius 2 is 2.09 bits per heavy atom. The van der Waals surface area contributed by atoms with Gasteiger partial charge in [0.2, 0.25) is 0 Å². The van der Waals surface area contributed by atoms with Crippen LogP contribution in [0.25, 0.3) is 0 Å². The molecule has 60 valence electrons. The predicted molar refractivity (Wildman–Crippen MR) is 45.9 cm³/mol. The molecule has 0 N–H and O–H groups in total. The van der Waals surface area contributed by atoms with Crippen LogP contribution in [0, 0.1) is 5.41 Å². The van der Waals surface area contributed by atoms with Crippen molar-refractivity contribution < 1.29 is 4.79 Å². The minimum absolute atomic E-state index is 0.0382. The third-order valence-electron chi connectivity index (χ3n) is 1.69.